The fourth-order valence-electron chi connectivity index (χ4n) is 3.79. The molecule has 0 radical (unpaired) electrons. The highest BCUT2D eigenvalue weighted by atomic mass is 16.6. The topological polar surface area (TPSA) is 110 Å². The lowest BCUT2D eigenvalue weighted by Gasteiger charge is -2.20. The van der Waals surface area contributed by atoms with Crippen LogP contribution in [0.25, 0.3) is 0 Å². The fourth-order valence-corrected chi connectivity index (χ4v) is 3.79. The number of rotatable bonds is 19. The van der Waals surface area contributed by atoms with Gasteiger partial charge < -0.3 is 19.7 Å². The number of unbranched alkanes of at least 4 members (excludes halogenated alkanes) is 9. The van der Waals surface area contributed by atoms with E-state index in [1.165, 1.54) is 65.7 Å². The average Bonchev–Trinajstić information content (AvgIpc) is 2.82. The third kappa shape index (κ3) is 13.4. The monoisotopic (exact) mass is 504 g/mol. The number of ketones is 1. The Morgan fingerprint density at radius 1 is 0.917 bits per heavy atom. The zero-order valence-corrected chi connectivity index (χ0v) is 22.4. The van der Waals surface area contributed by atoms with Crippen LogP contribution in [-0.2, 0) is 14.3 Å². The Morgan fingerprint density at radius 2 is 1.44 bits per heavy atom. The Kier molecular flexibility index (Phi) is 14.7. The van der Waals surface area contributed by atoms with Crippen LogP contribution < -0.4 is 4.74 Å². The summed E-state index contributed by atoms with van der Waals surface area (Å²) in [6, 6.07) is 6.50. The van der Waals surface area contributed by atoms with Crippen molar-refractivity contribution >= 4 is 17.7 Å². The Labute approximate surface area is 215 Å². The van der Waals surface area contributed by atoms with Gasteiger partial charge in [-0.3, -0.25) is 4.79 Å². The van der Waals surface area contributed by atoms with Crippen LogP contribution in [0.4, 0.5) is 0 Å². The standard InChI is InChI=1S/C29H44O7/c1-5-6-7-8-9-10-11-12-13-14-15-25(21-35-28(33)22(2)20-26(30)31)36-24-18-16-23(17-19-24)27(32)29(3,4)34/h16-20,25,34H,5-15,21H2,1-4H3,(H,30,31)/b22-20-. The van der Waals surface area contributed by atoms with Gasteiger partial charge in [-0.15, -0.1) is 0 Å². The Hall–Kier alpha value is -2.67. The summed E-state index contributed by atoms with van der Waals surface area (Å²) in [5, 5.41) is 18.8. The number of ether oxygens (including phenoxy) is 2. The number of carbonyl (C=O) groups is 3. The van der Waals surface area contributed by atoms with Gasteiger partial charge >= 0.3 is 11.9 Å². The number of hydrogen-bond acceptors (Lipinski definition) is 6. The number of aliphatic carboxylic acids is 1. The van der Waals surface area contributed by atoms with E-state index in [1.54, 1.807) is 24.3 Å². The Bertz CT molecular complexity index is 834. The zero-order chi connectivity index (χ0) is 27.0. The van der Waals surface area contributed by atoms with Crippen molar-refractivity contribution in [2.24, 2.45) is 0 Å². The predicted octanol–water partition coefficient (Wildman–Crippen LogP) is 6.27. The van der Waals surface area contributed by atoms with Crippen LogP contribution >= 0.6 is 0 Å². The molecule has 7 nitrogen and oxygen atoms in total. The van der Waals surface area contributed by atoms with Crippen molar-refractivity contribution in [3.8, 4) is 5.75 Å². The molecule has 7 heteroatoms. The summed E-state index contributed by atoms with van der Waals surface area (Å²) < 4.78 is 11.3. The average molecular weight is 505 g/mol. The maximum absolute atomic E-state index is 12.2. The second-order valence-corrected chi connectivity index (χ2v) is 9.89. The number of Topliss-reactive ketones (excluding diaryl/α,β-unsaturated/α-hetero) is 1. The van der Waals surface area contributed by atoms with Gasteiger partial charge in [-0.05, 0) is 57.9 Å². The lowest BCUT2D eigenvalue weighted by atomic mass is 9.97. The van der Waals surface area contributed by atoms with E-state index < -0.39 is 23.6 Å². The van der Waals surface area contributed by atoms with Gasteiger partial charge in [0.2, 0.25) is 0 Å². The maximum Gasteiger partial charge on any atom is 0.334 e. The van der Waals surface area contributed by atoms with Gasteiger partial charge in [0.05, 0.1) is 0 Å². The number of carboxylic acids is 1. The van der Waals surface area contributed by atoms with Gasteiger partial charge in [-0.25, -0.2) is 9.59 Å². The van der Waals surface area contributed by atoms with Gasteiger partial charge in [-0.1, -0.05) is 64.7 Å². The van der Waals surface area contributed by atoms with Crippen LogP contribution in [-0.4, -0.2) is 46.2 Å². The van der Waals surface area contributed by atoms with Gasteiger partial charge in [0, 0.05) is 17.2 Å². The second kappa shape index (κ2) is 16.9. The zero-order valence-electron chi connectivity index (χ0n) is 22.4. The molecular weight excluding hydrogens is 460 g/mol. The minimum absolute atomic E-state index is 0.00852. The van der Waals surface area contributed by atoms with Crippen molar-refractivity contribution in [3.63, 3.8) is 0 Å². The van der Waals surface area contributed by atoms with Crippen LogP contribution in [0.5, 0.6) is 5.75 Å². The van der Waals surface area contributed by atoms with E-state index in [-0.39, 0.29) is 18.0 Å². The van der Waals surface area contributed by atoms with Crippen molar-refractivity contribution in [2.45, 2.75) is 110 Å². The molecule has 0 aliphatic rings. The largest absolute Gasteiger partial charge is 0.487 e. The van der Waals surface area contributed by atoms with E-state index in [4.69, 9.17) is 14.6 Å². The molecule has 1 unspecified atom stereocenters. The molecular formula is C29H44O7. The molecule has 0 heterocycles. The molecule has 2 N–H and O–H groups in total. The number of benzene rings is 1. The van der Waals surface area contributed by atoms with Crippen LogP contribution in [0.1, 0.15) is 109 Å². The first-order valence-corrected chi connectivity index (χ1v) is 13.2. The van der Waals surface area contributed by atoms with Crippen molar-refractivity contribution in [2.75, 3.05) is 6.61 Å². The molecule has 0 saturated heterocycles. The Balaban J connectivity index is 2.62. The number of carboxylic acid groups (broad SMARTS) is 1. The third-order valence-corrected chi connectivity index (χ3v) is 5.92. The lowest BCUT2D eigenvalue weighted by Crippen LogP contribution is -2.31. The lowest BCUT2D eigenvalue weighted by molar-refractivity contribution is -0.142. The van der Waals surface area contributed by atoms with Crippen LogP contribution in [0.15, 0.2) is 35.9 Å². The molecule has 0 aliphatic carbocycles. The van der Waals surface area contributed by atoms with Crippen molar-refractivity contribution < 1.29 is 34.1 Å². The van der Waals surface area contributed by atoms with E-state index in [0.29, 0.717) is 17.7 Å². The van der Waals surface area contributed by atoms with E-state index >= 15 is 0 Å². The quantitative estimate of drug-likeness (QED) is 0.0988. The van der Waals surface area contributed by atoms with Gasteiger partial charge in [0.1, 0.15) is 24.1 Å². The molecule has 202 valence electrons. The molecule has 1 rings (SSSR count). The van der Waals surface area contributed by atoms with Crippen molar-refractivity contribution in [3.05, 3.63) is 41.5 Å². The van der Waals surface area contributed by atoms with Gasteiger partial charge in [-0.2, -0.15) is 0 Å². The normalized spacial score (nSPS) is 12.8. The van der Waals surface area contributed by atoms with Gasteiger partial charge in [0.25, 0.3) is 0 Å². The van der Waals surface area contributed by atoms with E-state index in [1.807, 2.05) is 0 Å². The molecule has 0 fully saturated rings. The molecule has 0 aliphatic heterocycles. The highest BCUT2D eigenvalue weighted by Crippen LogP contribution is 2.20. The summed E-state index contributed by atoms with van der Waals surface area (Å²) in [5.74, 6) is -1.76. The van der Waals surface area contributed by atoms with Crippen LogP contribution in [0.3, 0.4) is 0 Å². The SMILES string of the molecule is CCCCCCCCCCCCC(COC(=O)/C(C)=C\C(=O)O)Oc1ccc(C(=O)C(C)(C)O)cc1. The fraction of sp³-hybridized carbons (Fsp3) is 0.621. The van der Waals surface area contributed by atoms with E-state index in [9.17, 15) is 19.5 Å². The first-order valence-electron chi connectivity index (χ1n) is 13.2. The summed E-state index contributed by atoms with van der Waals surface area (Å²) in [4.78, 5) is 35.2. The molecule has 0 amide bonds. The molecule has 0 bridgehead atoms. The highest BCUT2D eigenvalue weighted by molar-refractivity contribution is 6.01. The molecule has 1 aromatic carbocycles. The maximum atomic E-state index is 12.2. The van der Waals surface area contributed by atoms with Gasteiger partial charge in [0.15, 0.2) is 5.78 Å². The number of hydrogen-bond donors (Lipinski definition) is 2. The first-order chi connectivity index (χ1) is 17.0. The smallest absolute Gasteiger partial charge is 0.334 e. The van der Waals surface area contributed by atoms with Crippen molar-refractivity contribution in [1.82, 2.24) is 0 Å². The molecule has 1 atom stereocenters. The van der Waals surface area contributed by atoms with E-state index in [0.717, 1.165) is 25.3 Å². The minimum atomic E-state index is -1.46. The molecule has 0 aromatic heterocycles. The summed E-state index contributed by atoms with van der Waals surface area (Å²) >= 11 is 0. The van der Waals surface area contributed by atoms with Crippen LogP contribution in [0.2, 0.25) is 0 Å². The molecule has 0 saturated carbocycles. The number of carbonyl (C=O) groups excluding carboxylic acids is 2. The number of esters is 1. The molecule has 1 aromatic rings. The summed E-state index contributed by atoms with van der Waals surface area (Å²) in [6.45, 7) is 6.49. The molecule has 36 heavy (non-hydrogen) atoms. The second-order valence-electron chi connectivity index (χ2n) is 9.89. The summed E-state index contributed by atoms with van der Waals surface area (Å²) in [6.07, 6.45) is 13.2. The number of aliphatic hydroxyl groups is 1. The minimum Gasteiger partial charge on any atom is -0.487 e. The van der Waals surface area contributed by atoms with E-state index in [2.05, 4.69) is 6.92 Å². The summed E-state index contributed by atoms with van der Waals surface area (Å²) in [7, 11) is 0. The van der Waals surface area contributed by atoms with Crippen LogP contribution in [0, 0.1) is 0 Å². The Morgan fingerprint density at radius 3 is 1.94 bits per heavy atom. The third-order valence-electron chi connectivity index (χ3n) is 5.92. The van der Waals surface area contributed by atoms with Crippen molar-refractivity contribution in [1.29, 1.82) is 0 Å². The summed E-state index contributed by atoms with van der Waals surface area (Å²) in [5.41, 5.74) is -1.08. The molecule has 0 spiro atoms. The predicted molar refractivity (Wildman–Crippen MR) is 140 cm³/mol. The first kappa shape index (κ1) is 31.4. The highest BCUT2D eigenvalue weighted by Gasteiger charge is 2.25.